The minimum atomic E-state index is -4.56. The number of alkyl halides is 3. The van der Waals surface area contributed by atoms with E-state index in [0.29, 0.717) is 5.69 Å². The number of benzene rings is 2. The van der Waals surface area contributed by atoms with Crippen molar-refractivity contribution in [2.24, 2.45) is 0 Å². The maximum Gasteiger partial charge on any atom is 0.419 e. The first-order chi connectivity index (χ1) is 12.2. The average molecular weight is 405 g/mol. The predicted molar refractivity (Wildman–Crippen MR) is 98.0 cm³/mol. The molecular formula is C18H20ClF3N2O3. The third-order valence-corrected chi connectivity index (χ3v) is 3.65. The molecule has 3 N–H and O–H groups in total. The van der Waals surface area contributed by atoms with Crippen LogP contribution in [-0.4, -0.2) is 42.2 Å². The van der Waals surface area contributed by atoms with E-state index in [1.165, 1.54) is 30.1 Å². The number of hydrogen-bond acceptors (Lipinski definition) is 4. The van der Waals surface area contributed by atoms with Crippen LogP contribution in [0, 0.1) is 0 Å². The van der Waals surface area contributed by atoms with Gasteiger partial charge in [-0.15, -0.1) is 12.4 Å². The van der Waals surface area contributed by atoms with Gasteiger partial charge in [-0.05, 0) is 24.3 Å². The second-order valence-electron chi connectivity index (χ2n) is 5.73. The summed E-state index contributed by atoms with van der Waals surface area (Å²) in [5.41, 5.74) is 5.40. The summed E-state index contributed by atoms with van der Waals surface area (Å²) in [5, 5.41) is 10.0. The SMILES string of the molecule is CN(CC(O)COc1ccccc1C(F)(F)F)C(=O)c1ccccc1N.Cl. The molecule has 0 heterocycles. The van der Waals surface area contributed by atoms with Gasteiger partial charge in [0.05, 0.1) is 11.1 Å². The van der Waals surface area contributed by atoms with Gasteiger partial charge in [-0.1, -0.05) is 24.3 Å². The molecule has 0 aliphatic carbocycles. The summed E-state index contributed by atoms with van der Waals surface area (Å²) in [6, 6.07) is 11.2. The maximum atomic E-state index is 12.9. The van der Waals surface area contributed by atoms with E-state index in [9.17, 15) is 23.1 Å². The number of carbonyl (C=O) groups excluding carboxylic acids is 1. The number of ether oxygens (including phenoxy) is 1. The highest BCUT2D eigenvalue weighted by atomic mass is 35.5. The van der Waals surface area contributed by atoms with Gasteiger partial charge in [0.15, 0.2) is 0 Å². The van der Waals surface area contributed by atoms with Gasteiger partial charge in [-0.2, -0.15) is 13.2 Å². The van der Waals surface area contributed by atoms with Crippen molar-refractivity contribution in [1.29, 1.82) is 0 Å². The molecule has 1 atom stereocenters. The number of anilines is 1. The van der Waals surface area contributed by atoms with Gasteiger partial charge in [0, 0.05) is 19.3 Å². The third kappa shape index (κ3) is 6.04. The Morgan fingerprint density at radius 3 is 2.41 bits per heavy atom. The summed E-state index contributed by atoms with van der Waals surface area (Å²) in [4.78, 5) is 13.5. The molecule has 0 bridgehead atoms. The minimum absolute atomic E-state index is 0. The Kier molecular flexibility index (Phi) is 7.93. The molecular weight excluding hydrogens is 385 g/mol. The van der Waals surface area contributed by atoms with Gasteiger partial charge in [0.1, 0.15) is 18.5 Å². The highest BCUT2D eigenvalue weighted by molar-refractivity contribution is 5.98. The lowest BCUT2D eigenvalue weighted by atomic mass is 10.1. The first kappa shape index (κ1) is 22.6. The molecule has 0 saturated heterocycles. The normalized spacial score (nSPS) is 12.0. The van der Waals surface area contributed by atoms with Crippen molar-refractivity contribution in [3.8, 4) is 5.75 Å². The summed E-state index contributed by atoms with van der Waals surface area (Å²) >= 11 is 0. The van der Waals surface area contributed by atoms with Crippen molar-refractivity contribution in [3.05, 3.63) is 59.7 Å². The first-order valence-electron chi connectivity index (χ1n) is 7.77. The van der Waals surface area contributed by atoms with Crippen molar-refractivity contribution in [1.82, 2.24) is 4.90 Å². The molecule has 0 aromatic heterocycles. The zero-order valence-electron chi connectivity index (χ0n) is 14.4. The Bertz CT molecular complexity index is 772. The molecule has 1 unspecified atom stereocenters. The van der Waals surface area contributed by atoms with Crippen LogP contribution in [0.1, 0.15) is 15.9 Å². The van der Waals surface area contributed by atoms with Gasteiger partial charge in [-0.3, -0.25) is 4.79 Å². The number of nitrogen functional groups attached to an aromatic ring is 1. The predicted octanol–water partition coefficient (Wildman–Crippen LogP) is 3.22. The van der Waals surface area contributed by atoms with Crippen LogP contribution in [0.15, 0.2) is 48.5 Å². The molecule has 148 valence electrons. The molecule has 0 saturated carbocycles. The summed E-state index contributed by atoms with van der Waals surface area (Å²) in [6.07, 6.45) is -5.73. The van der Waals surface area contributed by atoms with Crippen molar-refractivity contribution in [2.75, 3.05) is 25.9 Å². The number of para-hydroxylation sites is 2. The molecule has 2 aromatic rings. The lowest BCUT2D eigenvalue weighted by molar-refractivity contribution is -0.139. The van der Waals surface area contributed by atoms with Crippen LogP contribution >= 0.6 is 12.4 Å². The molecule has 0 fully saturated rings. The topological polar surface area (TPSA) is 75.8 Å². The lowest BCUT2D eigenvalue weighted by Crippen LogP contribution is -2.37. The molecule has 2 rings (SSSR count). The standard InChI is InChI=1S/C18H19F3N2O3.ClH/c1-23(17(25)13-6-2-4-8-15(13)22)10-12(24)11-26-16-9-5-3-7-14(16)18(19,20)21;/h2-9,12,24H,10-11,22H2,1H3;1H. The Morgan fingerprint density at radius 1 is 1.19 bits per heavy atom. The highest BCUT2D eigenvalue weighted by Gasteiger charge is 2.34. The summed E-state index contributed by atoms with van der Waals surface area (Å²) in [7, 11) is 1.46. The van der Waals surface area contributed by atoms with E-state index < -0.39 is 30.4 Å². The number of aliphatic hydroxyl groups is 1. The molecule has 5 nitrogen and oxygen atoms in total. The van der Waals surface area contributed by atoms with E-state index >= 15 is 0 Å². The molecule has 1 amide bonds. The molecule has 9 heteroatoms. The number of hydrogen-bond donors (Lipinski definition) is 2. The maximum absolute atomic E-state index is 12.9. The van der Waals surface area contributed by atoms with Crippen LogP contribution in [0.4, 0.5) is 18.9 Å². The van der Waals surface area contributed by atoms with E-state index in [0.717, 1.165) is 6.07 Å². The summed E-state index contributed by atoms with van der Waals surface area (Å²) < 4.78 is 43.8. The van der Waals surface area contributed by atoms with Crippen molar-refractivity contribution >= 4 is 24.0 Å². The Balaban J connectivity index is 0.00000364. The molecule has 0 spiro atoms. The minimum Gasteiger partial charge on any atom is -0.490 e. The van der Waals surface area contributed by atoms with Crippen LogP contribution in [0.5, 0.6) is 5.75 Å². The molecule has 0 aliphatic rings. The second kappa shape index (κ2) is 9.48. The third-order valence-electron chi connectivity index (χ3n) is 3.65. The van der Waals surface area contributed by atoms with E-state index in [1.54, 1.807) is 24.3 Å². The van der Waals surface area contributed by atoms with Gasteiger partial charge in [0.25, 0.3) is 5.91 Å². The van der Waals surface area contributed by atoms with Crippen molar-refractivity contribution in [2.45, 2.75) is 12.3 Å². The van der Waals surface area contributed by atoms with Crippen LogP contribution < -0.4 is 10.5 Å². The lowest BCUT2D eigenvalue weighted by Gasteiger charge is -2.22. The van der Waals surface area contributed by atoms with Crippen molar-refractivity contribution < 1.29 is 27.8 Å². The van der Waals surface area contributed by atoms with Gasteiger partial charge in [0.2, 0.25) is 0 Å². The average Bonchev–Trinajstić information content (AvgIpc) is 2.59. The molecule has 0 aliphatic heterocycles. The molecule has 0 radical (unpaired) electrons. The number of amides is 1. The van der Waals surface area contributed by atoms with Crippen LogP contribution in [0.25, 0.3) is 0 Å². The number of nitrogens with two attached hydrogens (primary N) is 1. The number of halogens is 4. The fraction of sp³-hybridized carbons (Fsp3) is 0.278. The van der Waals surface area contributed by atoms with Crippen molar-refractivity contribution in [3.63, 3.8) is 0 Å². The molecule has 27 heavy (non-hydrogen) atoms. The van der Waals surface area contributed by atoms with Crippen LogP contribution in [0.2, 0.25) is 0 Å². The van der Waals surface area contributed by atoms with Gasteiger partial charge >= 0.3 is 6.18 Å². The Morgan fingerprint density at radius 2 is 1.78 bits per heavy atom. The summed E-state index contributed by atoms with van der Waals surface area (Å²) in [5.74, 6) is -0.779. The van der Waals surface area contributed by atoms with E-state index in [4.69, 9.17) is 10.5 Å². The zero-order chi connectivity index (χ0) is 19.3. The van der Waals surface area contributed by atoms with E-state index in [1.807, 2.05) is 0 Å². The first-order valence-corrected chi connectivity index (χ1v) is 7.77. The van der Waals surface area contributed by atoms with Crippen LogP contribution in [0.3, 0.4) is 0 Å². The fourth-order valence-corrected chi connectivity index (χ4v) is 2.36. The van der Waals surface area contributed by atoms with Crippen LogP contribution in [-0.2, 0) is 6.18 Å². The number of carbonyl (C=O) groups is 1. The number of likely N-dealkylation sites (N-methyl/N-ethyl adjacent to an activating group) is 1. The van der Waals surface area contributed by atoms with Gasteiger partial charge < -0.3 is 20.5 Å². The monoisotopic (exact) mass is 404 g/mol. The van der Waals surface area contributed by atoms with E-state index in [2.05, 4.69) is 0 Å². The Hall–Kier alpha value is -2.45. The number of rotatable bonds is 6. The zero-order valence-corrected chi connectivity index (χ0v) is 15.3. The number of nitrogens with zero attached hydrogens (tertiary/aromatic N) is 1. The highest BCUT2D eigenvalue weighted by Crippen LogP contribution is 2.35. The largest absolute Gasteiger partial charge is 0.490 e. The van der Waals surface area contributed by atoms with Gasteiger partial charge in [-0.25, -0.2) is 0 Å². The Labute approximate surface area is 160 Å². The second-order valence-corrected chi connectivity index (χ2v) is 5.73. The van der Waals surface area contributed by atoms with E-state index in [-0.39, 0.29) is 30.3 Å². The quantitative estimate of drug-likeness (QED) is 0.725. The fourth-order valence-electron chi connectivity index (χ4n) is 2.36. The summed E-state index contributed by atoms with van der Waals surface area (Å²) in [6.45, 7) is -0.518. The number of aliphatic hydroxyl groups excluding tert-OH is 1. The molecule has 2 aromatic carbocycles. The smallest absolute Gasteiger partial charge is 0.419 e.